The van der Waals surface area contributed by atoms with Gasteiger partial charge in [0.05, 0.1) is 17.4 Å². The van der Waals surface area contributed by atoms with Gasteiger partial charge in [0.1, 0.15) is 17.2 Å². The zero-order valence-corrected chi connectivity index (χ0v) is 27.4. The number of benzene rings is 2. The molecule has 0 aliphatic carbocycles. The Hall–Kier alpha value is -3.81. The Kier molecular flexibility index (Phi) is 12.4. The summed E-state index contributed by atoms with van der Waals surface area (Å²) >= 11 is 0. The largest absolute Gasteiger partial charge is 0.493 e. The first kappa shape index (κ1) is 35.4. The van der Waals surface area contributed by atoms with Crippen LogP contribution in [0.2, 0.25) is 0 Å². The molecule has 0 amide bonds. The minimum absolute atomic E-state index is 0.196. The second kappa shape index (κ2) is 15.1. The molecule has 0 bridgehead atoms. The predicted octanol–water partition coefficient (Wildman–Crippen LogP) is 7.91. The van der Waals surface area contributed by atoms with Gasteiger partial charge in [0, 0.05) is 22.8 Å². The fraction of sp³-hybridized carbons (Fsp3) is 0.514. The third-order valence-electron chi connectivity index (χ3n) is 6.78. The normalized spacial score (nSPS) is 12.1. The minimum Gasteiger partial charge on any atom is -0.493 e. The van der Waals surface area contributed by atoms with Gasteiger partial charge in [-0.2, -0.15) is 0 Å². The van der Waals surface area contributed by atoms with Crippen LogP contribution in [-0.2, 0) is 24.5 Å². The highest BCUT2D eigenvalue weighted by Gasteiger charge is 2.27. The van der Waals surface area contributed by atoms with Gasteiger partial charge in [-0.25, -0.2) is 0 Å². The highest BCUT2D eigenvalue weighted by molar-refractivity contribution is 6.07. The van der Waals surface area contributed by atoms with Gasteiger partial charge in [-0.1, -0.05) is 27.7 Å². The number of carbonyl (C=O) groups is 3. The van der Waals surface area contributed by atoms with Crippen molar-refractivity contribution in [3.63, 3.8) is 0 Å². The predicted molar refractivity (Wildman–Crippen MR) is 167 cm³/mol. The first-order valence-corrected chi connectivity index (χ1v) is 14.7. The first-order valence-electron chi connectivity index (χ1n) is 14.7. The fourth-order valence-corrected chi connectivity index (χ4v) is 3.59. The van der Waals surface area contributed by atoms with E-state index >= 15 is 0 Å². The van der Waals surface area contributed by atoms with Crippen molar-refractivity contribution in [2.75, 3.05) is 20.2 Å². The quantitative estimate of drug-likeness (QED) is 0.0939. The maximum absolute atomic E-state index is 13.0. The second-order valence-electron chi connectivity index (χ2n) is 13.1. The van der Waals surface area contributed by atoms with Crippen LogP contribution in [0.1, 0.15) is 104 Å². The molecule has 0 saturated heterocycles. The van der Waals surface area contributed by atoms with Crippen molar-refractivity contribution in [1.82, 2.24) is 0 Å². The van der Waals surface area contributed by atoms with Crippen LogP contribution in [0.4, 0.5) is 0 Å². The summed E-state index contributed by atoms with van der Waals surface area (Å²) in [6.45, 7) is 19.0. The van der Waals surface area contributed by atoms with E-state index in [1.165, 1.54) is 6.08 Å². The van der Waals surface area contributed by atoms with E-state index in [9.17, 15) is 14.4 Å². The average Bonchev–Trinajstić information content (AvgIpc) is 2.94. The zero-order chi connectivity index (χ0) is 32.4. The number of rotatable bonds is 14. The molecule has 0 aliphatic rings. The third-order valence-corrected chi connectivity index (χ3v) is 6.78. The number of ketones is 1. The van der Waals surface area contributed by atoms with Gasteiger partial charge in [0.2, 0.25) is 13.6 Å². The van der Waals surface area contributed by atoms with Gasteiger partial charge < -0.3 is 23.7 Å². The molecule has 236 valence electrons. The van der Waals surface area contributed by atoms with Gasteiger partial charge in [-0.15, -0.1) is 0 Å². The van der Waals surface area contributed by atoms with Crippen molar-refractivity contribution in [3.05, 3.63) is 59.2 Å². The van der Waals surface area contributed by atoms with Crippen LogP contribution in [0.5, 0.6) is 17.2 Å². The van der Waals surface area contributed by atoms with Crippen molar-refractivity contribution in [1.29, 1.82) is 0 Å². The van der Waals surface area contributed by atoms with Crippen molar-refractivity contribution in [3.8, 4) is 17.2 Å². The van der Waals surface area contributed by atoms with E-state index in [1.807, 2.05) is 13.0 Å². The van der Waals surface area contributed by atoms with Crippen LogP contribution in [0.3, 0.4) is 0 Å². The lowest BCUT2D eigenvalue weighted by Crippen LogP contribution is -2.25. The summed E-state index contributed by atoms with van der Waals surface area (Å²) in [4.78, 5) is 37.2. The van der Waals surface area contributed by atoms with Crippen molar-refractivity contribution >= 4 is 23.8 Å². The molecule has 0 atom stereocenters. The van der Waals surface area contributed by atoms with E-state index in [0.29, 0.717) is 29.4 Å². The molecule has 8 heteroatoms. The molecule has 0 aromatic heterocycles. The van der Waals surface area contributed by atoms with E-state index in [0.717, 1.165) is 24.0 Å². The molecule has 0 fully saturated rings. The molecule has 8 nitrogen and oxygen atoms in total. The van der Waals surface area contributed by atoms with Crippen LogP contribution >= 0.6 is 0 Å². The molecule has 2 aromatic carbocycles. The molecule has 0 N–H and O–H groups in total. The summed E-state index contributed by atoms with van der Waals surface area (Å²) in [5.41, 5.74) is 0.593. The fourth-order valence-electron chi connectivity index (χ4n) is 3.59. The van der Waals surface area contributed by atoms with Gasteiger partial charge >= 0.3 is 11.9 Å². The monoisotopic (exact) mass is 596 g/mol. The van der Waals surface area contributed by atoms with Crippen LogP contribution in [0.15, 0.2) is 42.5 Å². The molecule has 0 aliphatic heterocycles. The lowest BCUT2D eigenvalue weighted by Gasteiger charge is -2.27. The number of hydrogen-bond acceptors (Lipinski definition) is 8. The van der Waals surface area contributed by atoms with Crippen LogP contribution in [0.25, 0.3) is 6.08 Å². The molecule has 0 heterocycles. The van der Waals surface area contributed by atoms with Crippen molar-refractivity contribution in [2.45, 2.75) is 87.5 Å². The summed E-state index contributed by atoms with van der Waals surface area (Å²) in [5.74, 6) is 0.693. The molecule has 43 heavy (non-hydrogen) atoms. The van der Waals surface area contributed by atoms with Gasteiger partial charge in [-0.05, 0) is 102 Å². The Labute approximate surface area is 256 Å². The van der Waals surface area contributed by atoms with E-state index in [1.54, 1.807) is 78.0 Å². The average molecular weight is 597 g/mol. The molecule has 2 aromatic rings. The lowest BCUT2D eigenvalue weighted by atomic mass is 9.80. The molecule has 0 unspecified atom stereocenters. The Balaban J connectivity index is 2.27. The zero-order valence-electron chi connectivity index (χ0n) is 27.4. The maximum atomic E-state index is 13.0. The summed E-state index contributed by atoms with van der Waals surface area (Å²) in [6.07, 6.45) is 4.87. The van der Waals surface area contributed by atoms with E-state index in [4.69, 9.17) is 23.7 Å². The number of ether oxygens (including phenoxy) is 5. The maximum Gasteiger partial charge on any atom is 0.314 e. The van der Waals surface area contributed by atoms with E-state index < -0.39 is 10.8 Å². The van der Waals surface area contributed by atoms with Crippen LogP contribution in [-0.4, -0.2) is 37.9 Å². The Morgan fingerprint density at radius 3 is 1.79 bits per heavy atom. The Morgan fingerprint density at radius 1 is 0.721 bits per heavy atom. The summed E-state index contributed by atoms with van der Waals surface area (Å²) < 4.78 is 28.0. The van der Waals surface area contributed by atoms with Crippen LogP contribution < -0.4 is 14.2 Å². The number of hydrogen-bond donors (Lipinski definition) is 0. The minimum atomic E-state index is -0.639. The second-order valence-corrected chi connectivity index (χ2v) is 13.1. The molecular weight excluding hydrogens is 548 g/mol. The Bertz CT molecular complexity index is 1270. The summed E-state index contributed by atoms with van der Waals surface area (Å²) in [7, 11) is 0. The summed E-state index contributed by atoms with van der Waals surface area (Å²) in [6, 6.07) is 10.4. The van der Waals surface area contributed by atoms with Crippen LogP contribution in [0, 0.1) is 10.8 Å². The molecule has 0 spiro atoms. The molecule has 2 rings (SSSR count). The van der Waals surface area contributed by atoms with Gasteiger partial charge in [-0.3, -0.25) is 14.4 Å². The Morgan fingerprint density at radius 2 is 1.28 bits per heavy atom. The highest BCUT2D eigenvalue weighted by atomic mass is 16.7. The molecular formula is C35H48O8. The lowest BCUT2D eigenvalue weighted by molar-refractivity contribution is -0.160. The van der Waals surface area contributed by atoms with Gasteiger partial charge in [0.25, 0.3) is 0 Å². The van der Waals surface area contributed by atoms with Gasteiger partial charge in [0.15, 0.2) is 5.78 Å². The van der Waals surface area contributed by atoms with E-state index in [-0.39, 0.29) is 36.7 Å². The standard InChI is InChI=1S/C35H48O8/c1-11-19-39-29-21-30(41-23-43-32(38)34(6,7)8)27(35(9,10)12-2)20-25(29)15-18-28(36)24-13-16-26(17-14-24)40-22-42-31(37)33(3,4)5/h13-18,20-21H,11-12,19,22-23H2,1-10H3/b18-15+. The molecule has 0 saturated carbocycles. The van der Waals surface area contributed by atoms with E-state index in [2.05, 4.69) is 20.8 Å². The first-order chi connectivity index (χ1) is 20.0. The molecule has 0 radical (unpaired) electrons. The summed E-state index contributed by atoms with van der Waals surface area (Å²) in [5, 5.41) is 0. The number of esters is 2. The SMILES string of the molecule is CCCOc1cc(OCOC(=O)C(C)(C)C)c(C(C)(C)CC)cc1/C=C/C(=O)c1ccc(OCOC(=O)C(C)(C)C)cc1. The highest BCUT2D eigenvalue weighted by Crippen LogP contribution is 2.39. The number of carbonyl (C=O) groups excluding carboxylic acids is 3. The smallest absolute Gasteiger partial charge is 0.314 e. The number of allylic oxidation sites excluding steroid dienone is 1. The van der Waals surface area contributed by atoms with Crippen molar-refractivity contribution < 1.29 is 38.1 Å². The topological polar surface area (TPSA) is 97.4 Å². The third kappa shape index (κ3) is 10.8. The van der Waals surface area contributed by atoms with Crippen molar-refractivity contribution in [2.24, 2.45) is 10.8 Å².